The molecule has 0 saturated carbocycles. The van der Waals surface area contributed by atoms with E-state index >= 15 is 0 Å². The van der Waals surface area contributed by atoms with Gasteiger partial charge in [-0.3, -0.25) is 4.57 Å². The monoisotopic (exact) mass is 815 g/mol. The highest BCUT2D eigenvalue weighted by molar-refractivity contribution is 6.22. The van der Waals surface area contributed by atoms with Crippen LogP contribution in [-0.2, 0) is 0 Å². The molecule has 6 heteroatoms. The fourth-order valence-corrected chi connectivity index (χ4v) is 11.0. The van der Waals surface area contributed by atoms with Crippen molar-refractivity contribution in [2.75, 3.05) is 0 Å². The lowest BCUT2D eigenvalue weighted by Gasteiger charge is -2.12. The maximum Gasteiger partial charge on any atom is 0.238 e. The molecule has 9 aromatic carbocycles. The van der Waals surface area contributed by atoms with Gasteiger partial charge in [0.2, 0.25) is 11.7 Å². The van der Waals surface area contributed by atoms with Crippen LogP contribution in [0, 0.1) is 0 Å². The Morgan fingerprint density at radius 1 is 0.359 bits per heavy atom. The molecule has 15 rings (SSSR count). The standard InChI is InChI=1S/C58H33N5O/c1-2-15-35(16-3-1)61-47-25-10-7-20-39(47)41-30-29-34(31-50(41)61)55-54-44-22-9-13-28-53(44)64-57(54)60-58(59-55)63-49-27-12-8-21-40(49)45-32-51-46(33-52(45)63)43-24-14-23-42-37-18-5-4-17-36(37)38-19-6-11-26-48(38)62(51)56(42)43/h1-33H. The number of hydrogen-bond donors (Lipinski definition) is 0. The van der Waals surface area contributed by atoms with Crippen molar-refractivity contribution in [2.45, 2.75) is 0 Å². The molecule has 0 fully saturated rings. The number of benzene rings is 9. The van der Waals surface area contributed by atoms with Crippen LogP contribution in [0.25, 0.3) is 138 Å². The van der Waals surface area contributed by atoms with Crippen LogP contribution >= 0.6 is 0 Å². The lowest BCUT2D eigenvalue weighted by molar-refractivity contribution is 0.651. The third kappa shape index (κ3) is 4.43. The molecule has 64 heavy (non-hydrogen) atoms. The summed E-state index contributed by atoms with van der Waals surface area (Å²) in [6.07, 6.45) is 0. The molecule has 296 valence electrons. The fourth-order valence-electron chi connectivity index (χ4n) is 11.0. The normalized spacial score (nSPS) is 12.4. The Kier molecular flexibility index (Phi) is 6.59. The summed E-state index contributed by atoms with van der Waals surface area (Å²) in [6, 6.07) is 71.9. The van der Waals surface area contributed by atoms with Gasteiger partial charge < -0.3 is 13.6 Å². The first-order valence-electron chi connectivity index (χ1n) is 21.7. The summed E-state index contributed by atoms with van der Waals surface area (Å²) in [7, 11) is 0. The van der Waals surface area contributed by atoms with Crippen molar-refractivity contribution >= 4 is 87.5 Å². The highest BCUT2D eigenvalue weighted by Crippen LogP contribution is 2.48. The van der Waals surface area contributed by atoms with Crippen molar-refractivity contribution in [3.05, 3.63) is 200 Å². The van der Waals surface area contributed by atoms with Crippen LogP contribution in [-0.4, -0.2) is 23.7 Å². The molecule has 0 unspecified atom stereocenters. The maximum absolute atomic E-state index is 6.67. The summed E-state index contributed by atoms with van der Waals surface area (Å²) in [6.45, 7) is 0. The predicted octanol–water partition coefficient (Wildman–Crippen LogP) is 15.0. The van der Waals surface area contributed by atoms with Crippen LogP contribution in [0.15, 0.2) is 205 Å². The number of fused-ring (bicyclic) bond motifs is 17. The molecule has 1 aliphatic rings. The van der Waals surface area contributed by atoms with Crippen molar-refractivity contribution in [2.24, 2.45) is 0 Å². The van der Waals surface area contributed by atoms with Crippen LogP contribution in [0.1, 0.15) is 0 Å². The zero-order chi connectivity index (χ0) is 41.6. The lowest BCUT2D eigenvalue weighted by Crippen LogP contribution is -2.03. The van der Waals surface area contributed by atoms with Crippen molar-refractivity contribution in [3.63, 3.8) is 0 Å². The molecule has 0 spiro atoms. The van der Waals surface area contributed by atoms with E-state index in [2.05, 4.69) is 202 Å². The van der Waals surface area contributed by atoms with E-state index in [-0.39, 0.29) is 0 Å². The first-order valence-corrected chi connectivity index (χ1v) is 21.7. The molecule has 1 aliphatic heterocycles. The first kappa shape index (κ1) is 33.9. The van der Waals surface area contributed by atoms with Crippen LogP contribution in [0.4, 0.5) is 0 Å². The van der Waals surface area contributed by atoms with Gasteiger partial charge in [0.1, 0.15) is 5.58 Å². The minimum Gasteiger partial charge on any atom is -0.437 e. The van der Waals surface area contributed by atoms with Crippen molar-refractivity contribution in [3.8, 4) is 50.8 Å². The van der Waals surface area contributed by atoms with Gasteiger partial charge in [0.05, 0.1) is 49.9 Å². The molecular formula is C58H33N5O. The van der Waals surface area contributed by atoms with E-state index in [1.807, 2.05) is 12.1 Å². The molecule has 14 aromatic rings. The number of para-hydroxylation sites is 6. The van der Waals surface area contributed by atoms with Crippen LogP contribution < -0.4 is 0 Å². The number of rotatable bonds is 3. The maximum atomic E-state index is 6.67. The second-order valence-electron chi connectivity index (χ2n) is 16.9. The van der Waals surface area contributed by atoms with E-state index in [1.165, 1.54) is 55.0 Å². The van der Waals surface area contributed by atoms with Crippen molar-refractivity contribution in [1.82, 2.24) is 23.7 Å². The summed E-state index contributed by atoms with van der Waals surface area (Å²) >= 11 is 0. The van der Waals surface area contributed by atoms with Crippen LogP contribution in [0.2, 0.25) is 0 Å². The molecule has 0 bridgehead atoms. The largest absolute Gasteiger partial charge is 0.437 e. The Hall–Kier alpha value is -8.74. The second kappa shape index (κ2) is 12.4. The summed E-state index contributed by atoms with van der Waals surface area (Å²) in [4.78, 5) is 11.0. The van der Waals surface area contributed by atoms with E-state index in [4.69, 9.17) is 14.4 Å². The molecule has 0 saturated heterocycles. The van der Waals surface area contributed by atoms with E-state index in [1.54, 1.807) is 0 Å². The van der Waals surface area contributed by atoms with Gasteiger partial charge in [0, 0.05) is 60.1 Å². The smallest absolute Gasteiger partial charge is 0.238 e. The summed E-state index contributed by atoms with van der Waals surface area (Å²) in [5.41, 5.74) is 17.1. The summed E-state index contributed by atoms with van der Waals surface area (Å²) in [5.74, 6) is 0.556. The molecule has 5 aromatic heterocycles. The van der Waals surface area contributed by atoms with E-state index in [0.29, 0.717) is 11.7 Å². The Labute approximate surface area is 365 Å². The highest BCUT2D eigenvalue weighted by Gasteiger charge is 2.27. The lowest BCUT2D eigenvalue weighted by atomic mass is 9.94. The molecule has 6 heterocycles. The van der Waals surface area contributed by atoms with Gasteiger partial charge >= 0.3 is 0 Å². The summed E-state index contributed by atoms with van der Waals surface area (Å²) < 4.78 is 13.8. The van der Waals surface area contributed by atoms with Crippen LogP contribution in [0.3, 0.4) is 0 Å². The zero-order valence-corrected chi connectivity index (χ0v) is 34.2. The predicted molar refractivity (Wildman–Crippen MR) is 262 cm³/mol. The van der Waals surface area contributed by atoms with Gasteiger partial charge in [0.15, 0.2) is 0 Å². The van der Waals surface area contributed by atoms with Gasteiger partial charge in [-0.2, -0.15) is 4.98 Å². The average Bonchev–Trinajstić information content (AvgIpc) is 4.07. The molecular weight excluding hydrogens is 783 g/mol. The molecule has 6 nitrogen and oxygen atoms in total. The number of furan rings is 1. The van der Waals surface area contributed by atoms with Gasteiger partial charge in [-0.15, -0.1) is 0 Å². The summed E-state index contributed by atoms with van der Waals surface area (Å²) in [5, 5.41) is 8.91. The third-order valence-corrected chi connectivity index (χ3v) is 13.6. The Morgan fingerprint density at radius 2 is 0.938 bits per heavy atom. The fraction of sp³-hybridized carbons (Fsp3) is 0. The van der Waals surface area contributed by atoms with Crippen molar-refractivity contribution in [1.29, 1.82) is 0 Å². The molecule has 0 N–H and O–H groups in total. The van der Waals surface area contributed by atoms with E-state index in [9.17, 15) is 0 Å². The molecule has 0 radical (unpaired) electrons. The van der Waals surface area contributed by atoms with Crippen molar-refractivity contribution < 1.29 is 4.42 Å². The molecule has 0 atom stereocenters. The average molecular weight is 816 g/mol. The third-order valence-electron chi connectivity index (χ3n) is 13.6. The topological polar surface area (TPSA) is 53.7 Å². The molecule has 0 aliphatic carbocycles. The van der Waals surface area contributed by atoms with E-state index in [0.717, 1.165) is 71.7 Å². The quantitative estimate of drug-likeness (QED) is 0.178. The Bertz CT molecular complexity index is 4320. The Balaban J connectivity index is 1.04. The first-order chi connectivity index (χ1) is 31.8. The second-order valence-corrected chi connectivity index (χ2v) is 16.9. The molecule has 0 amide bonds. The van der Waals surface area contributed by atoms with Crippen LogP contribution in [0.5, 0.6) is 0 Å². The number of nitrogens with zero attached hydrogens (tertiary/aromatic N) is 5. The van der Waals surface area contributed by atoms with E-state index < -0.39 is 0 Å². The Morgan fingerprint density at radius 3 is 1.77 bits per heavy atom. The SMILES string of the molecule is c1ccc(-n2c3ccccc3c3ccc(-c4nc(-n5c6ccccc6c6cc7c(cc65)c5cccc6c5n7-c5ccccc5-c5ccccc5-6)nc5oc6ccccc6c45)cc32)cc1. The zero-order valence-electron chi connectivity index (χ0n) is 34.2. The highest BCUT2D eigenvalue weighted by atomic mass is 16.3. The number of hydrogen-bond acceptors (Lipinski definition) is 3. The van der Waals surface area contributed by atoms with Gasteiger partial charge in [-0.1, -0.05) is 146 Å². The minimum atomic E-state index is 0.551. The van der Waals surface area contributed by atoms with Gasteiger partial charge in [0.25, 0.3) is 0 Å². The van der Waals surface area contributed by atoms with Gasteiger partial charge in [-0.25, -0.2) is 4.98 Å². The minimum absolute atomic E-state index is 0.551. The number of aromatic nitrogens is 5. The van der Waals surface area contributed by atoms with Gasteiger partial charge in [-0.05, 0) is 65.7 Å².